The first kappa shape index (κ1) is 16.3. The lowest BCUT2D eigenvalue weighted by molar-refractivity contribution is 0.431. The molecule has 0 radical (unpaired) electrons. The first-order valence-corrected chi connectivity index (χ1v) is 8.39. The highest BCUT2D eigenvalue weighted by Gasteiger charge is 2.17. The van der Waals surface area contributed by atoms with Gasteiger partial charge in [0.05, 0.1) is 11.7 Å². The maximum absolute atomic E-state index is 4.76. The maximum atomic E-state index is 4.76. The summed E-state index contributed by atoms with van der Waals surface area (Å²) in [4.78, 5) is 0. The molecule has 3 nitrogen and oxygen atoms in total. The summed E-state index contributed by atoms with van der Waals surface area (Å²) in [5.74, 6) is 0. The Kier molecular flexibility index (Phi) is 5.63. The van der Waals surface area contributed by atoms with Gasteiger partial charge in [0, 0.05) is 18.2 Å². The Labute approximate surface area is 129 Å². The quantitative estimate of drug-likeness (QED) is 0.626. The summed E-state index contributed by atoms with van der Waals surface area (Å²) in [5, 5.41) is 8.28. The number of allylic oxidation sites excluding steroid dienone is 1. The minimum Gasteiger partial charge on any atom is -0.312 e. The van der Waals surface area contributed by atoms with Crippen LogP contribution in [0.4, 0.5) is 0 Å². The molecular formula is C18H31N3. The van der Waals surface area contributed by atoms with Gasteiger partial charge in [0.15, 0.2) is 0 Å². The van der Waals surface area contributed by atoms with Crippen LogP contribution in [-0.2, 0) is 6.42 Å². The molecule has 0 amide bonds. The predicted molar refractivity (Wildman–Crippen MR) is 89.6 cm³/mol. The number of hydrogen-bond donors (Lipinski definition) is 1. The van der Waals surface area contributed by atoms with Crippen molar-refractivity contribution in [3.05, 3.63) is 29.6 Å². The van der Waals surface area contributed by atoms with E-state index in [1.54, 1.807) is 0 Å². The van der Waals surface area contributed by atoms with Crippen LogP contribution in [-0.4, -0.2) is 21.9 Å². The van der Waals surface area contributed by atoms with E-state index < -0.39 is 0 Å². The van der Waals surface area contributed by atoms with Gasteiger partial charge in [-0.15, -0.1) is 0 Å². The fourth-order valence-electron chi connectivity index (χ4n) is 2.97. The zero-order chi connectivity index (χ0) is 15.3. The third kappa shape index (κ3) is 5.66. The van der Waals surface area contributed by atoms with E-state index in [4.69, 9.17) is 5.10 Å². The molecule has 1 N–H and O–H groups in total. The number of nitrogens with one attached hydrogen (secondary N) is 1. The average Bonchev–Trinajstić information content (AvgIpc) is 3.03. The zero-order valence-corrected chi connectivity index (χ0v) is 14.2. The smallest absolute Gasteiger partial charge is 0.0664 e. The first-order valence-electron chi connectivity index (χ1n) is 8.39. The summed E-state index contributed by atoms with van der Waals surface area (Å²) >= 11 is 0. The molecule has 1 fully saturated rings. The van der Waals surface area contributed by atoms with Crippen molar-refractivity contribution in [2.45, 2.75) is 77.8 Å². The van der Waals surface area contributed by atoms with Gasteiger partial charge in [-0.3, -0.25) is 4.68 Å². The molecule has 0 bridgehead atoms. The van der Waals surface area contributed by atoms with E-state index in [2.05, 4.69) is 56.0 Å². The highest BCUT2D eigenvalue weighted by molar-refractivity contribution is 5.12. The van der Waals surface area contributed by atoms with E-state index in [-0.39, 0.29) is 5.54 Å². The third-order valence-corrected chi connectivity index (χ3v) is 4.11. The van der Waals surface area contributed by atoms with Crippen LogP contribution in [0.1, 0.15) is 71.5 Å². The van der Waals surface area contributed by atoms with Gasteiger partial charge in [0.1, 0.15) is 0 Å². The molecule has 0 saturated heterocycles. The second-order valence-corrected chi connectivity index (χ2v) is 7.42. The molecule has 3 heteroatoms. The van der Waals surface area contributed by atoms with Crippen LogP contribution >= 0.6 is 0 Å². The van der Waals surface area contributed by atoms with Gasteiger partial charge in [0.2, 0.25) is 0 Å². The molecule has 1 aliphatic rings. The number of rotatable bonds is 6. The molecule has 1 aromatic rings. The van der Waals surface area contributed by atoms with E-state index in [0.717, 1.165) is 19.4 Å². The Bertz CT molecular complexity index is 459. The standard InChI is InChI=1S/C18H31N3/c1-15(8-7-12-19-18(2,3)4)14-16-11-13-21(20-16)17-9-5-6-10-17/h8,11,13,17,19H,5-7,9-10,12,14H2,1-4H3. The Morgan fingerprint density at radius 2 is 2.10 bits per heavy atom. The molecule has 118 valence electrons. The van der Waals surface area contributed by atoms with Crippen molar-refractivity contribution in [2.75, 3.05) is 6.54 Å². The first-order chi connectivity index (χ1) is 9.94. The molecule has 21 heavy (non-hydrogen) atoms. The molecule has 2 rings (SSSR count). The number of nitrogens with zero attached hydrogens (tertiary/aromatic N) is 2. The van der Waals surface area contributed by atoms with Crippen molar-refractivity contribution in [3.63, 3.8) is 0 Å². The van der Waals surface area contributed by atoms with E-state index >= 15 is 0 Å². The third-order valence-electron chi connectivity index (χ3n) is 4.11. The van der Waals surface area contributed by atoms with Gasteiger partial charge in [-0.05, 0) is 59.6 Å². The van der Waals surface area contributed by atoms with Crippen LogP contribution in [0.5, 0.6) is 0 Å². The van der Waals surface area contributed by atoms with E-state index in [9.17, 15) is 0 Å². The Morgan fingerprint density at radius 3 is 2.76 bits per heavy atom. The van der Waals surface area contributed by atoms with Crippen LogP contribution in [0.3, 0.4) is 0 Å². The van der Waals surface area contributed by atoms with E-state index in [0.29, 0.717) is 6.04 Å². The fraction of sp³-hybridized carbons (Fsp3) is 0.722. The van der Waals surface area contributed by atoms with Crippen LogP contribution < -0.4 is 5.32 Å². The highest BCUT2D eigenvalue weighted by atomic mass is 15.3. The summed E-state index contributed by atoms with van der Waals surface area (Å²) in [6.07, 6.45) is 11.9. The average molecular weight is 289 g/mol. The summed E-state index contributed by atoms with van der Waals surface area (Å²) in [6, 6.07) is 2.84. The van der Waals surface area contributed by atoms with Gasteiger partial charge >= 0.3 is 0 Å². The second-order valence-electron chi connectivity index (χ2n) is 7.42. The Hall–Kier alpha value is -1.09. The summed E-state index contributed by atoms with van der Waals surface area (Å²) in [6.45, 7) is 9.88. The van der Waals surface area contributed by atoms with Crippen molar-refractivity contribution < 1.29 is 0 Å². The molecule has 0 atom stereocenters. The largest absolute Gasteiger partial charge is 0.312 e. The molecule has 0 aliphatic heterocycles. The van der Waals surface area contributed by atoms with Crippen LogP contribution in [0.2, 0.25) is 0 Å². The van der Waals surface area contributed by atoms with Crippen molar-refractivity contribution in [1.82, 2.24) is 15.1 Å². The second kappa shape index (κ2) is 7.26. The van der Waals surface area contributed by atoms with Crippen molar-refractivity contribution in [1.29, 1.82) is 0 Å². The van der Waals surface area contributed by atoms with Gasteiger partial charge in [0.25, 0.3) is 0 Å². The molecule has 1 aromatic heterocycles. The fourth-order valence-corrected chi connectivity index (χ4v) is 2.97. The molecule has 0 spiro atoms. The lowest BCUT2D eigenvalue weighted by Crippen LogP contribution is -2.36. The summed E-state index contributed by atoms with van der Waals surface area (Å²) in [7, 11) is 0. The summed E-state index contributed by atoms with van der Waals surface area (Å²) < 4.78 is 2.19. The molecular weight excluding hydrogens is 258 g/mol. The maximum Gasteiger partial charge on any atom is 0.0664 e. The zero-order valence-electron chi connectivity index (χ0n) is 14.2. The molecule has 0 unspecified atom stereocenters. The Balaban J connectivity index is 1.78. The van der Waals surface area contributed by atoms with Gasteiger partial charge in [-0.2, -0.15) is 5.10 Å². The molecule has 1 saturated carbocycles. The van der Waals surface area contributed by atoms with Crippen LogP contribution in [0.25, 0.3) is 0 Å². The number of aromatic nitrogens is 2. The van der Waals surface area contributed by atoms with Crippen molar-refractivity contribution in [2.24, 2.45) is 0 Å². The number of hydrogen-bond acceptors (Lipinski definition) is 2. The highest BCUT2D eigenvalue weighted by Crippen LogP contribution is 2.28. The monoisotopic (exact) mass is 289 g/mol. The topological polar surface area (TPSA) is 29.9 Å². The van der Waals surface area contributed by atoms with Crippen LogP contribution in [0, 0.1) is 0 Å². The molecule has 0 aromatic carbocycles. The van der Waals surface area contributed by atoms with E-state index in [1.165, 1.54) is 37.0 Å². The lowest BCUT2D eigenvalue weighted by Gasteiger charge is -2.19. The lowest BCUT2D eigenvalue weighted by atomic mass is 10.1. The van der Waals surface area contributed by atoms with Gasteiger partial charge < -0.3 is 5.32 Å². The minimum absolute atomic E-state index is 0.210. The normalized spacial score (nSPS) is 17.6. The Morgan fingerprint density at radius 1 is 1.38 bits per heavy atom. The molecule has 1 aliphatic carbocycles. The van der Waals surface area contributed by atoms with Crippen LogP contribution in [0.15, 0.2) is 23.9 Å². The van der Waals surface area contributed by atoms with Crippen molar-refractivity contribution in [3.8, 4) is 0 Å². The van der Waals surface area contributed by atoms with E-state index in [1.807, 2.05) is 0 Å². The van der Waals surface area contributed by atoms with Gasteiger partial charge in [-0.25, -0.2) is 0 Å². The summed E-state index contributed by atoms with van der Waals surface area (Å²) in [5.41, 5.74) is 2.84. The SMILES string of the molecule is CC(=CCCNC(C)(C)C)Cc1ccn(C2CCCC2)n1. The minimum atomic E-state index is 0.210. The van der Waals surface area contributed by atoms with Crippen molar-refractivity contribution >= 4 is 0 Å². The van der Waals surface area contributed by atoms with Gasteiger partial charge in [-0.1, -0.05) is 24.5 Å². The predicted octanol–water partition coefficient (Wildman–Crippen LogP) is 4.27. The molecule has 1 heterocycles.